The standard InChI is InChI=1S/C10H21O4P/c1-3-10(11,4-2)8-6-5-7-9-14-15(12)13/h11H,3-9H2,1-2H3/p+1. The van der Waals surface area contributed by atoms with Crippen LogP contribution < -0.4 is 0 Å². The maximum atomic E-state index is 10.2. The highest BCUT2D eigenvalue weighted by atomic mass is 31.1. The average Bonchev–Trinajstić information content (AvgIpc) is 2.22. The lowest BCUT2D eigenvalue weighted by molar-refractivity contribution is 0.0209. The quantitative estimate of drug-likeness (QED) is 0.478. The van der Waals surface area contributed by atoms with Gasteiger partial charge in [0.15, 0.2) is 0 Å². The van der Waals surface area contributed by atoms with Crippen molar-refractivity contribution in [3.8, 4) is 0 Å². The van der Waals surface area contributed by atoms with Crippen LogP contribution in [0.25, 0.3) is 0 Å². The zero-order chi connectivity index (χ0) is 11.7. The van der Waals surface area contributed by atoms with Gasteiger partial charge in [-0.05, 0) is 25.7 Å². The molecule has 0 aliphatic heterocycles. The van der Waals surface area contributed by atoms with Gasteiger partial charge in [0, 0.05) is 4.57 Å². The van der Waals surface area contributed by atoms with E-state index in [0.717, 1.165) is 38.5 Å². The molecule has 0 aliphatic rings. The maximum absolute atomic E-state index is 10.2. The lowest BCUT2D eigenvalue weighted by atomic mass is 9.91. The minimum absolute atomic E-state index is 0.322. The summed E-state index contributed by atoms with van der Waals surface area (Å²) in [5.74, 6) is 0. The molecule has 1 unspecified atom stereocenters. The van der Waals surface area contributed by atoms with E-state index in [1.165, 1.54) is 0 Å². The summed E-state index contributed by atoms with van der Waals surface area (Å²) in [7, 11) is -2.45. The predicted molar refractivity (Wildman–Crippen MR) is 59.8 cm³/mol. The minimum Gasteiger partial charge on any atom is -0.390 e. The summed E-state index contributed by atoms with van der Waals surface area (Å²) in [6, 6.07) is 0. The van der Waals surface area contributed by atoms with Crippen LogP contribution in [0.4, 0.5) is 0 Å². The van der Waals surface area contributed by atoms with E-state index in [-0.39, 0.29) is 0 Å². The Hall–Kier alpha value is -0.0200. The van der Waals surface area contributed by atoms with Gasteiger partial charge >= 0.3 is 8.25 Å². The Morgan fingerprint density at radius 1 is 1.20 bits per heavy atom. The Morgan fingerprint density at radius 3 is 2.27 bits per heavy atom. The lowest BCUT2D eigenvalue weighted by Gasteiger charge is -2.24. The Kier molecular flexibility index (Phi) is 8.16. The van der Waals surface area contributed by atoms with Crippen LogP contribution in [-0.2, 0) is 9.09 Å². The molecule has 2 N–H and O–H groups in total. The van der Waals surface area contributed by atoms with Gasteiger partial charge in [0.1, 0.15) is 6.61 Å². The molecule has 0 fully saturated rings. The second-order valence-electron chi connectivity index (χ2n) is 3.81. The van der Waals surface area contributed by atoms with Crippen LogP contribution in [0.3, 0.4) is 0 Å². The predicted octanol–water partition coefficient (Wildman–Crippen LogP) is 2.76. The Labute approximate surface area is 92.6 Å². The molecule has 1 atom stereocenters. The number of hydrogen-bond donors (Lipinski definition) is 2. The van der Waals surface area contributed by atoms with Crippen LogP contribution in [0.2, 0.25) is 0 Å². The number of aliphatic hydroxyl groups is 1. The lowest BCUT2D eigenvalue weighted by Crippen LogP contribution is -2.26. The third kappa shape index (κ3) is 7.86. The average molecular weight is 237 g/mol. The number of unbranched alkanes of at least 4 members (excludes halogenated alkanes) is 2. The second-order valence-corrected chi connectivity index (χ2v) is 4.55. The van der Waals surface area contributed by atoms with Gasteiger partial charge < -0.3 is 5.11 Å². The fourth-order valence-electron chi connectivity index (χ4n) is 1.48. The summed E-state index contributed by atoms with van der Waals surface area (Å²) in [6.45, 7) is 4.30. The molecular weight excluding hydrogens is 215 g/mol. The van der Waals surface area contributed by atoms with E-state index in [0.29, 0.717) is 6.61 Å². The molecule has 0 aromatic rings. The van der Waals surface area contributed by atoms with Crippen molar-refractivity contribution in [1.29, 1.82) is 0 Å². The van der Waals surface area contributed by atoms with Gasteiger partial charge in [0.05, 0.1) is 5.60 Å². The molecule has 90 valence electrons. The highest BCUT2D eigenvalue weighted by Crippen LogP contribution is 2.22. The third-order valence-electron chi connectivity index (χ3n) is 2.80. The molecule has 0 aliphatic carbocycles. The van der Waals surface area contributed by atoms with E-state index in [1.54, 1.807) is 0 Å². The van der Waals surface area contributed by atoms with Crippen LogP contribution in [0, 0.1) is 0 Å². The first kappa shape index (κ1) is 15.0. The molecule has 0 amide bonds. The van der Waals surface area contributed by atoms with Crippen molar-refractivity contribution in [2.24, 2.45) is 0 Å². The van der Waals surface area contributed by atoms with Gasteiger partial charge in [-0.25, -0.2) is 0 Å². The molecule has 0 rings (SSSR count). The molecule has 15 heavy (non-hydrogen) atoms. The van der Waals surface area contributed by atoms with Crippen molar-refractivity contribution < 1.29 is 19.1 Å². The van der Waals surface area contributed by atoms with Crippen molar-refractivity contribution in [2.45, 2.75) is 58.0 Å². The van der Waals surface area contributed by atoms with Gasteiger partial charge in [-0.15, -0.1) is 9.42 Å². The van der Waals surface area contributed by atoms with E-state index in [1.807, 2.05) is 13.8 Å². The van der Waals surface area contributed by atoms with Crippen molar-refractivity contribution in [1.82, 2.24) is 0 Å². The maximum Gasteiger partial charge on any atom is 0.694 e. The molecular formula is C10H22O4P+. The molecule has 0 saturated heterocycles. The summed E-state index contributed by atoms with van der Waals surface area (Å²) in [5, 5.41) is 9.96. The van der Waals surface area contributed by atoms with Gasteiger partial charge in [-0.2, -0.15) is 0 Å². The zero-order valence-electron chi connectivity index (χ0n) is 9.61. The van der Waals surface area contributed by atoms with Crippen molar-refractivity contribution in [2.75, 3.05) is 6.61 Å². The van der Waals surface area contributed by atoms with Crippen LogP contribution >= 0.6 is 8.25 Å². The number of rotatable bonds is 9. The fraction of sp³-hybridized carbons (Fsp3) is 1.00. The molecule has 4 nitrogen and oxygen atoms in total. The van der Waals surface area contributed by atoms with E-state index in [9.17, 15) is 9.67 Å². The molecule has 5 heteroatoms. The zero-order valence-corrected chi connectivity index (χ0v) is 10.5. The highest BCUT2D eigenvalue weighted by molar-refractivity contribution is 7.32. The van der Waals surface area contributed by atoms with Gasteiger partial charge in [-0.3, -0.25) is 0 Å². The van der Waals surface area contributed by atoms with Crippen LogP contribution in [0.1, 0.15) is 52.4 Å². The fourth-order valence-corrected chi connectivity index (χ4v) is 1.76. The first-order valence-corrected chi connectivity index (χ1v) is 6.68. The molecule has 0 heterocycles. The normalized spacial score (nSPS) is 12.9. The molecule has 0 radical (unpaired) electrons. The minimum atomic E-state index is -2.45. The van der Waals surface area contributed by atoms with Crippen molar-refractivity contribution >= 4 is 8.25 Å². The summed E-state index contributed by atoms with van der Waals surface area (Å²) in [5.41, 5.74) is -0.525. The summed E-state index contributed by atoms with van der Waals surface area (Å²) < 4.78 is 14.7. The molecule has 0 saturated carbocycles. The Balaban J connectivity index is 3.41. The summed E-state index contributed by atoms with van der Waals surface area (Å²) >= 11 is 0. The summed E-state index contributed by atoms with van der Waals surface area (Å²) in [6.07, 6.45) is 4.98. The summed E-state index contributed by atoms with van der Waals surface area (Å²) in [4.78, 5) is 8.36. The Morgan fingerprint density at radius 2 is 1.80 bits per heavy atom. The Bertz CT molecular complexity index is 180. The van der Waals surface area contributed by atoms with Crippen LogP contribution in [0.15, 0.2) is 0 Å². The molecule has 0 bridgehead atoms. The van der Waals surface area contributed by atoms with Crippen molar-refractivity contribution in [3.05, 3.63) is 0 Å². The smallest absolute Gasteiger partial charge is 0.390 e. The SMILES string of the molecule is CCC(O)(CC)CCCCCO[P+](=O)O. The van der Waals surface area contributed by atoms with Gasteiger partial charge in [0.2, 0.25) is 0 Å². The topological polar surface area (TPSA) is 66.8 Å². The third-order valence-corrected chi connectivity index (χ3v) is 3.21. The van der Waals surface area contributed by atoms with Crippen LogP contribution in [-0.4, -0.2) is 22.2 Å². The highest BCUT2D eigenvalue weighted by Gasteiger charge is 2.21. The first-order valence-electron chi connectivity index (χ1n) is 5.55. The van der Waals surface area contributed by atoms with Gasteiger partial charge in [-0.1, -0.05) is 26.7 Å². The van der Waals surface area contributed by atoms with Crippen LogP contribution in [0.5, 0.6) is 0 Å². The van der Waals surface area contributed by atoms with E-state index in [4.69, 9.17) is 4.89 Å². The monoisotopic (exact) mass is 237 g/mol. The first-order chi connectivity index (χ1) is 7.04. The van der Waals surface area contributed by atoms with Gasteiger partial charge in [0.25, 0.3) is 0 Å². The molecule has 0 aromatic heterocycles. The van der Waals surface area contributed by atoms with E-state index < -0.39 is 13.9 Å². The molecule has 0 spiro atoms. The van der Waals surface area contributed by atoms with Crippen molar-refractivity contribution in [3.63, 3.8) is 0 Å². The largest absolute Gasteiger partial charge is 0.694 e. The van der Waals surface area contributed by atoms with E-state index in [2.05, 4.69) is 4.52 Å². The van der Waals surface area contributed by atoms with E-state index >= 15 is 0 Å². The molecule has 0 aromatic carbocycles. The number of hydrogen-bond acceptors (Lipinski definition) is 3. The second kappa shape index (κ2) is 8.17.